The van der Waals surface area contributed by atoms with Crippen molar-refractivity contribution in [3.63, 3.8) is 0 Å². The fourth-order valence-electron chi connectivity index (χ4n) is 3.27. The van der Waals surface area contributed by atoms with Gasteiger partial charge in [0.2, 0.25) is 0 Å². The molecule has 1 fully saturated rings. The van der Waals surface area contributed by atoms with Crippen LogP contribution in [0.2, 0.25) is 0 Å². The summed E-state index contributed by atoms with van der Waals surface area (Å²) < 4.78 is 5.56. The van der Waals surface area contributed by atoms with E-state index in [1.54, 1.807) is 0 Å². The van der Waals surface area contributed by atoms with Crippen molar-refractivity contribution in [3.05, 3.63) is 35.9 Å². The first-order valence-corrected chi connectivity index (χ1v) is 7.79. The molecule has 1 aromatic carbocycles. The highest BCUT2D eigenvalue weighted by molar-refractivity contribution is 5.20. The Hall–Kier alpha value is -0.860. The first kappa shape index (κ1) is 15.5. The standard InChI is InChI=1S/C18H29NO/c1-13(2)11-15(14-9-7-6-8-10-14)19-16-12-17(20-5)18(16,3)4/h6-10,13,15-17,19H,11-12H2,1-5H3. The van der Waals surface area contributed by atoms with Gasteiger partial charge in [-0.2, -0.15) is 0 Å². The Morgan fingerprint density at radius 3 is 2.40 bits per heavy atom. The molecule has 2 heteroatoms. The molecule has 0 aromatic heterocycles. The Morgan fingerprint density at radius 2 is 1.90 bits per heavy atom. The normalized spacial score (nSPS) is 26.3. The average Bonchev–Trinajstić information content (AvgIpc) is 2.42. The molecule has 1 aliphatic rings. The van der Waals surface area contributed by atoms with Gasteiger partial charge in [0.05, 0.1) is 6.10 Å². The molecule has 1 saturated carbocycles. The van der Waals surface area contributed by atoms with Gasteiger partial charge in [-0.15, -0.1) is 0 Å². The van der Waals surface area contributed by atoms with Crippen LogP contribution < -0.4 is 5.32 Å². The lowest BCUT2D eigenvalue weighted by molar-refractivity contribution is -0.101. The summed E-state index contributed by atoms with van der Waals surface area (Å²) in [7, 11) is 1.82. The van der Waals surface area contributed by atoms with Crippen LogP contribution in [0.15, 0.2) is 30.3 Å². The summed E-state index contributed by atoms with van der Waals surface area (Å²) in [4.78, 5) is 0. The van der Waals surface area contributed by atoms with Crippen LogP contribution in [0.1, 0.15) is 52.1 Å². The zero-order chi connectivity index (χ0) is 14.8. The van der Waals surface area contributed by atoms with Gasteiger partial charge in [0.1, 0.15) is 0 Å². The molecule has 2 nitrogen and oxygen atoms in total. The molecule has 0 radical (unpaired) electrons. The second-order valence-electron chi connectivity index (χ2n) is 7.09. The van der Waals surface area contributed by atoms with Crippen LogP contribution in [0.25, 0.3) is 0 Å². The third kappa shape index (κ3) is 3.24. The van der Waals surface area contributed by atoms with Gasteiger partial charge in [-0.1, -0.05) is 58.0 Å². The van der Waals surface area contributed by atoms with E-state index in [4.69, 9.17) is 4.74 Å². The zero-order valence-corrected chi connectivity index (χ0v) is 13.5. The molecule has 3 unspecified atom stereocenters. The minimum Gasteiger partial charge on any atom is -0.381 e. The SMILES string of the molecule is COC1CC(NC(CC(C)C)c2ccccc2)C1(C)C. The molecule has 0 saturated heterocycles. The number of methoxy groups -OCH3 is 1. The monoisotopic (exact) mass is 275 g/mol. The number of ether oxygens (including phenoxy) is 1. The van der Waals surface area contributed by atoms with Gasteiger partial charge >= 0.3 is 0 Å². The summed E-state index contributed by atoms with van der Waals surface area (Å²) in [6.07, 6.45) is 2.68. The van der Waals surface area contributed by atoms with Crippen molar-refractivity contribution in [1.82, 2.24) is 5.32 Å². The van der Waals surface area contributed by atoms with E-state index < -0.39 is 0 Å². The second-order valence-corrected chi connectivity index (χ2v) is 7.09. The maximum absolute atomic E-state index is 5.56. The van der Waals surface area contributed by atoms with E-state index in [9.17, 15) is 0 Å². The first-order valence-electron chi connectivity index (χ1n) is 7.79. The van der Waals surface area contributed by atoms with Crippen LogP contribution in [0.5, 0.6) is 0 Å². The van der Waals surface area contributed by atoms with Crippen molar-refractivity contribution < 1.29 is 4.74 Å². The van der Waals surface area contributed by atoms with E-state index in [0.29, 0.717) is 24.1 Å². The van der Waals surface area contributed by atoms with Gasteiger partial charge in [-0.25, -0.2) is 0 Å². The summed E-state index contributed by atoms with van der Waals surface area (Å²) in [6.45, 7) is 9.20. The predicted molar refractivity (Wildman–Crippen MR) is 84.8 cm³/mol. The quantitative estimate of drug-likeness (QED) is 0.841. The Labute approximate surface area is 123 Å². The number of rotatable bonds is 6. The van der Waals surface area contributed by atoms with E-state index in [-0.39, 0.29) is 5.41 Å². The lowest BCUT2D eigenvalue weighted by Gasteiger charge is -2.52. The van der Waals surface area contributed by atoms with Crippen molar-refractivity contribution in [3.8, 4) is 0 Å². The van der Waals surface area contributed by atoms with Gasteiger partial charge in [-0.05, 0) is 24.3 Å². The average molecular weight is 275 g/mol. The van der Waals surface area contributed by atoms with Gasteiger partial charge in [0, 0.05) is 24.6 Å². The van der Waals surface area contributed by atoms with Gasteiger partial charge in [0.25, 0.3) is 0 Å². The molecule has 0 spiro atoms. The molecule has 112 valence electrons. The molecular formula is C18H29NO. The maximum atomic E-state index is 5.56. The van der Waals surface area contributed by atoms with E-state index in [2.05, 4.69) is 63.3 Å². The van der Waals surface area contributed by atoms with Crippen molar-refractivity contribution in [2.75, 3.05) is 7.11 Å². The molecular weight excluding hydrogens is 246 g/mol. The summed E-state index contributed by atoms with van der Waals surface area (Å²) in [5.74, 6) is 0.689. The molecule has 1 N–H and O–H groups in total. The topological polar surface area (TPSA) is 21.3 Å². The predicted octanol–water partition coefficient (Wildman–Crippen LogP) is 4.18. The van der Waals surface area contributed by atoms with Crippen molar-refractivity contribution >= 4 is 0 Å². The second kappa shape index (κ2) is 6.28. The molecule has 0 heterocycles. The number of nitrogens with one attached hydrogen (secondary N) is 1. The summed E-state index contributed by atoms with van der Waals surface area (Å²) in [5.41, 5.74) is 1.62. The molecule has 0 aliphatic heterocycles. The molecule has 2 rings (SSSR count). The molecule has 0 bridgehead atoms. The number of benzene rings is 1. The van der Waals surface area contributed by atoms with Crippen molar-refractivity contribution in [1.29, 1.82) is 0 Å². The van der Waals surface area contributed by atoms with Gasteiger partial charge in [0.15, 0.2) is 0 Å². The largest absolute Gasteiger partial charge is 0.381 e. The highest BCUT2D eigenvalue weighted by Crippen LogP contribution is 2.43. The van der Waals surface area contributed by atoms with Gasteiger partial charge < -0.3 is 10.1 Å². The Bertz CT molecular complexity index is 413. The highest BCUT2D eigenvalue weighted by Gasteiger charge is 2.49. The van der Waals surface area contributed by atoms with Crippen LogP contribution in [-0.2, 0) is 4.74 Å². The van der Waals surface area contributed by atoms with Crippen molar-refractivity contribution in [2.45, 2.75) is 58.7 Å². The van der Waals surface area contributed by atoms with Crippen LogP contribution in [0.3, 0.4) is 0 Å². The minimum absolute atomic E-state index is 0.221. The minimum atomic E-state index is 0.221. The third-order valence-electron chi connectivity index (χ3n) is 4.77. The van der Waals surface area contributed by atoms with E-state index in [1.807, 2.05) is 7.11 Å². The Morgan fingerprint density at radius 1 is 1.25 bits per heavy atom. The third-order valence-corrected chi connectivity index (χ3v) is 4.77. The molecule has 1 aromatic rings. The van der Waals surface area contributed by atoms with Crippen LogP contribution >= 0.6 is 0 Å². The Balaban J connectivity index is 2.06. The van der Waals surface area contributed by atoms with E-state index >= 15 is 0 Å². The fourth-order valence-corrected chi connectivity index (χ4v) is 3.27. The van der Waals surface area contributed by atoms with Crippen molar-refractivity contribution in [2.24, 2.45) is 11.3 Å². The Kier molecular flexibility index (Phi) is 4.87. The number of hydrogen-bond acceptors (Lipinski definition) is 2. The first-order chi connectivity index (χ1) is 9.45. The summed E-state index contributed by atoms with van der Waals surface area (Å²) in [5, 5.41) is 3.88. The zero-order valence-electron chi connectivity index (χ0n) is 13.5. The molecule has 3 atom stereocenters. The van der Waals surface area contributed by atoms with E-state index in [0.717, 1.165) is 6.42 Å². The smallest absolute Gasteiger partial charge is 0.0652 e. The summed E-state index contributed by atoms with van der Waals surface area (Å²) >= 11 is 0. The van der Waals surface area contributed by atoms with E-state index in [1.165, 1.54) is 12.0 Å². The molecule has 20 heavy (non-hydrogen) atoms. The highest BCUT2D eigenvalue weighted by atomic mass is 16.5. The number of hydrogen-bond donors (Lipinski definition) is 1. The summed E-state index contributed by atoms with van der Waals surface area (Å²) in [6, 6.07) is 11.8. The molecule has 0 amide bonds. The maximum Gasteiger partial charge on any atom is 0.0652 e. The van der Waals surface area contributed by atoms with Gasteiger partial charge in [-0.3, -0.25) is 0 Å². The van der Waals surface area contributed by atoms with Crippen LogP contribution in [0.4, 0.5) is 0 Å². The lowest BCUT2D eigenvalue weighted by atomic mass is 9.64. The molecule has 1 aliphatic carbocycles. The fraction of sp³-hybridized carbons (Fsp3) is 0.667. The lowest BCUT2D eigenvalue weighted by Crippen LogP contribution is -2.61. The van der Waals surface area contributed by atoms with Crippen LogP contribution in [-0.4, -0.2) is 19.3 Å². The van der Waals surface area contributed by atoms with Crippen LogP contribution in [0, 0.1) is 11.3 Å².